The molecule has 3 fully saturated rings. The first-order chi connectivity index (χ1) is 16.9. The summed E-state index contributed by atoms with van der Waals surface area (Å²) in [6.45, 7) is 4.14. The summed E-state index contributed by atoms with van der Waals surface area (Å²) in [4.78, 5) is 45.4. The average Bonchev–Trinajstić information content (AvgIpc) is 3.53. The van der Waals surface area contributed by atoms with Gasteiger partial charge in [-0.15, -0.1) is 0 Å². The quantitative estimate of drug-likeness (QED) is 0.678. The summed E-state index contributed by atoms with van der Waals surface area (Å²) >= 11 is 0. The summed E-state index contributed by atoms with van der Waals surface area (Å²) in [6.07, 6.45) is 2.65. The molecule has 2 aromatic rings. The molecule has 0 aliphatic carbocycles. The average molecular weight is 480 g/mol. The van der Waals surface area contributed by atoms with Gasteiger partial charge in [0.05, 0.1) is 6.61 Å². The van der Waals surface area contributed by atoms with Gasteiger partial charge in [-0.25, -0.2) is 4.39 Å². The maximum absolute atomic E-state index is 14.0. The highest BCUT2D eigenvalue weighted by Crippen LogP contribution is 2.39. The van der Waals surface area contributed by atoms with E-state index in [-0.39, 0.29) is 24.0 Å². The number of hydrogen-bond donors (Lipinski definition) is 0. The third-order valence-corrected chi connectivity index (χ3v) is 7.46. The Balaban J connectivity index is 1.41. The number of carbonyl (C=O) groups is 3. The predicted molar refractivity (Wildman–Crippen MR) is 127 cm³/mol. The van der Waals surface area contributed by atoms with Gasteiger partial charge >= 0.3 is 0 Å². The molecule has 0 saturated carbocycles. The van der Waals surface area contributed by atoms with Gasteiger partial charge in [-0.1, -0.05) is 24.3 Å². The normalized spacial score (nSPS) is 21.5. The molecule has 0 unspecified atom stereocenters. The minimum atomic E-state index is -1.01. The van der Waals surface area contributed by atoms with Crippen molar-refractivity contribution in [3.63, 3.8) is 0 Å². The number of benzene rings is 2. The molecule has 35 heavy (non-hydrogen) atoms. The van der Waals surface area contributed by atoms with E-state index in [0.717, 1.165) is 18.4 Å². The zero-order valence-corrected chi connectivity index (χ0v) is 19.9. The molecule has 3 aliphatic heterocycles. The van der Waals surface area contributed by atoms with E-state index in [1.54, 1.807) is 15.9 Å². The van der Waals surface area contributed by atoms with Crippen LogP contribution in [-0.4, -0.2) is 77.0 Å². The Morgan fingerprint density at radius 3 is 2.31 bits per heavy atom. The molecular formula is C27H30FN3O4. The third kappa shape index (κ3) is 4.31. The Kier molecular flexibility index (Phi) is 6.32. The fraction of sp³-hybridized carbons (Fsp3) is 0.444. The smallest absolute Gasteiger partial charge is 0.256 e. The van der Waals surface area contributed by atoms with Crippen molar-refractivity contribution in [2.24, 2.45) is 0 Å². The molecule has 0 aromatic heterocycles. The molecule has 3 heterocycles. The van der Waals surface area contributed by atoms with Gasteiger partial charge < -0.3 is 14.5 Å². The predicted octanol–water partition coefficient (Wildman–Crippen LogP) is 3.23. The van der Waals surface area contributed by atoms with Gasteiger partial charge in [-0.3, -0.25) is 19.3 Å². The number of likely N-dealkylation sites (tertiary alicyclic amines) is 2. The molecule has 5 rings (SSSR count). The minimum Gasteiger partial charge on any atom is -0.353 e. The van der Waals surface area contributed by atoms with E-state index in [1.165, 1.54) is 23.1 Å². The first-order valence-corrected chi connectivity index (χ1v) is 12.3. The van der Waals surface area contributed by atoms with Crippen LogP contribution in [0.3, 0.4) is 0 Å². The SMILES string of the molecule is Cc1ccccc1C(=O)N1CCC2(CC1)OC[C@@H](C(=O)N1CCCC1)N2C(=O)c1cccc(F)c1. The summed E-state index contributed by atoms with van der Waals surface area (Å²) in [5, 5.41) is 0. The number of halogens is 1. The molecule has 3 saturated heterocycles. The Bertz CT molecular complexity index is 1140. The zero-order valence-electron chi connectivity index (χ0n) is 19.9. The molecule has 7 nitrogen and oxygen atoms in total. The van der Waals surface area contributed by atoms with Crippen LogP contribution in [0.15, 0.2) is 48.5 Å². The summed E-state index contributed by atoms with van der Waals surface area (Å²) in [7, 11) is 0. The maximum atomic E-state index is 14.0. The summed E-state index contributed by atoms with van der Waals surface area (Å²) in [6, 6.07) is 12.3. The number of hydrogen-bond acceptors (Lipinski definition) is 4. The van der Waals surface area contributed by atoms with Crippen LogP contribution in [0.4, 0.5) is 4.39 Å². The van der Waals surface area contributed by atoms with Gasteiger partial charge in [0, 0.05) is 50.1 Å². The van der Waals surface area contributed by atoms with Crippen molar-refractivity contribution in [1.29, 1.82) is 0 Å². The molecule has 8 heteroatoms. The lowest BCUT2D eigenvalue weighted by Gasteiger charge is -2.44. The number of rotatable bonds is 3. The topological polar surface area (TPSA) is 70.2 Å². The van der Waals surface area contributed by atoms with Crippen LogP contribution < -0.4 is 0 Å². The fourth-order valence-electron chi connectivity index (χ4n) is 5.51. The second-order valence-corrected chi connectivity index (χ2v) is 9.60. The van der Waals surface area contributed by atoms with E-state index in [0.29, 0.717) is 44.6 Å². The van der Waals surface area contributed by atoms with E-state index in [4.69, 9.17) is 4.74 Å². The second-order valence-electron chi connectivity index (χ2n) is 9.60. The van der Waals surface area contributed by atoms with Crippen LogP contribution in [0.5, 0.6) is 0 Å². The van der Waals surface area contributed by atoms with Crippen LogP contribution in [0.2, 0.25) is 0 Å². The highest BCUT2D eigenvalue weighted by Gasteiger charge is 2.55. The van der Waals surface area contributed by atoms with E-state index >= 15 is 0 Å². The zero-order chi connectivity index (χ0) is 24.6. The van der Waals surface area contributed by atoms with Crippen LogP contribution in [0.25, 0.3) is 0 Å². The lowest BCUT2D eigenvalue weighted by atomic mass is 9.95. The summed E-state index contributed by atoms with van der Waals surface area (Å²) < 4.78 is 20.2. The van der Waals surface area contributed by atoms with Crippen LogP contribution in [0.1, 0.15) is 52.0 Å². The lowest BCUT2D eigenvalue weighted by Crippen LogP contribution is -2.60. The Morgan fingerprint density at radius 1 is 0.914 bits per heavy atom. The van der Waals surface area contributed by atoms with E-state index in [2.05, 4.69) is 0 Å². The van der Waals surface area contributed by atoms with E-state index < -0.39 is 23.5 Å². The van der Waals surface area contributed by atoms with Crippen molar-refractivity contribution in [3.05, 3.63) is 71.0 Å². The van der Waals surface area contributed by atoms with E-state index in [1.807, 2.05) is 31.2 Å². The molecule has 0 N–H and O–H groups in total. The van der Waals surface area contributed by atoms with Crippen molar-refractivity contribution >= 4 is 17.7 Å². The largest absolute Gasteiger partial charge is 0.353 e. The number of piperidine rings is 1. The minimum absolute atomic E-state index is 0.0522. The number of nitrogens with zero attached hydrogens (tertiary/aromatic N) is 3. The molecule has 184 valence electrons. The van der Waals surface area contributed by atoms with Crippen molar-refractivity contribution in [3.8, 4) is 0 Å². The van der Waals surface area contributed by atoms with Crippen LogP contribution in [0, 0.1) is 12.7 Å². The van der Waals surface area contributed by atoms with Gasteiger partial charge in [0.2, 0.25) is 5.91 Å². The highest BCUT2D eigenvalue weighted by molar-refractivity contribution is 5.99. The molecule has 0 radical (unpaired) electrons. The number of aryl methyl sites for hydroxylation is 1. The number of amides is 3. The molecule has 2 aromatic carbocycles. The van der Waals surface area contributed by atoms with Crippen LogP contribution in [-0.2, 0) is 9.53 Å². The molecule has 0 bridgehead atoms. The van der Waals surface area contributed by atoms with Gasteiger partial charge in [-0.2, -0.15) is 0 Å². The van der Waals surface area contributed by atoms with Crippen molar-refractivity contribution in [2.45, 2.75) is 44.4 Å². The van der Waals surface area contributed by atoms with Crippen molar-refractivity contribution < 1.29 is 23.5 Å². The van der Waals surface area contributed by atoms with Gasteiger partial charge in [-0.05, 0) is 49.6 Å². The summed E-state index contributed by atoms with van der Waals surface area (Å²) in [5.41, 5.74) is 0.749. The summed E-state index contributed by atoms with van der Waals surface area (Å²) in [5.74, 6) is -1.10. The van der Waals surface area contributed by atoms with Crippen molar-refractivity contribution in [2.75, 3.05) is 32.8 Å². The van der Waals surface area contributed by atoms with Crippen molar-refractivity contribution in [1.82, 2.24) is 14.7 Å². The molecule has 1 atom stereocenters. The Hall–Kier alpha value is -3.26. The number of carbonyl (C=O) groups excluding carboxylic acids is 3. The molecule has 3 amide bonds. The molecule has 3 aliphatic rings. The fourth-order valence-corrected chi connectivity index (χ4v) is 5.51. The van der Waals surface area contributed by atoms with Gasteiger partial charge in [0.1, 0.15) is 17.6 Å². The first-order valence-electron chi connectivity index (χ1n) is 12.3. The van der Waals surface area contributed by atoms with Crippen LogP contribution >= 0.6 is 0 Å². The molecule has 1 spiro atoms. The second kappa shape index (κ2) is 9.41. The van der Waals surface area contributed by atoms with Gasteiger partial charge in [0.25, 0.3) is 11.8 Å². The lowest BCUT2D eigenvalue weighted by molar-refractivity contribution is -0.136. The Morgan fingerprint density at radius 2 is 1.63 bits per heavy atom. The monoisotopic (exact) mass is 479 g/mol. The van der Waals surface area contributed by atoms with Gasteiger partial charge in [0.15, 0.2) is 0 Å². The maximum Gasteiger partial charge on any atom is 0.256 e. The first kappa shape index (κ1) is 23.5. The standard InChI is InChI=1S/C27H30FN3O4/c1-19-7-2-3-10-22(19)25(33)30-15-11-27(12-16-30)31(24(32)20-8-6-9-21(28)17-20)23(18-35-27)26(34)29-13-4-5-14-29/h2-3,6-10,17,23H,4-5,11-16,18H2,1H3/t23-/m0/s1. The Labute approximate surface area is 204 Å². The van der Waals surface area contributed by atoms with E-state index in [9.17, 15) is 18.8 Å². The number of ether oxygens (including phenoxy) is 1. The highest BCUT2D eigenvalue weighted by atomic mass is 19.1. The molecular weight excluding hydrogens is 449 g/mol. The third-order valence-electron chi connectivity index (χ3n) is 7.46.